The molecule has 0 aliphatic rings. The molecule has 0 saturated heterocycles. The molecule has 0 fully saturated rings. The number of nitrogens with zero attached hydrogens (tertiary/aromatic N) is 2. The number of nitrogens with one attached hydrogen (secondary N) is 1. The van der Waals surface area contributed by atoms with Crippen LogP contribution in [0.2, 0.25) is 0 Å². The van der Waals surface area contributed by atoms with E-state index in [1.54, 1.807) is 11.3 Å². The van der Waals surface area contributed by atoms with Crippen LogP contribution in [-0.2, 0) is 6.42 Å². The van der Waals surface area contributed by atoms with Gasteiger partial charge in [-0.25, -0.2) is 0 Å². The number of anilines is 1. The van der Waals surface area contributed by atoms with Gasteiger partial charge in [0.05, 0.1) is 0 Å². The molecule has 0 saturated carbocycles. The second-order valence-corrected chi connectivity index (χ2v) is 6.44. The molecule has 0 radical (unpaired) electrons. The summed E-state index contributed by atoms with van der Waals surface area (Å²) in [4.78, 5) is 2.78. The smallest absolute Gasteiger partial charge is 0.205 e. The van der Waals surface area contributed by atoms with Gasteiger partial charge in [0, 0.05) is 22.2 Å². The van der Waals surface area contributed by atoms with Crippen molar-refractivity contribution in [3.63, 3.8) is 0 Å². The molecule has 0 aromatic carbocycles. The van der Waals surface area contributed by atoms with Gasteiger partial charge in [0.15, 0.2) is 0 Å². The van der Waals surface area contributed by atoms with Crippen molar-refractivity contribution in [1.82, 2.24) is 10.2 Å². The predicted molar refractivity (Wildman–Crippen MR) is 70.5 cm³/mol. The first kappa shape index (κ1) is 11.5. The highest BCUT2D eigenvalue weighted by molar-refractivity contribution is 7.15. The Hall–Kier alpha value is -0.940. The molecule has 2 rings (SSSR count). The number of thiophene rings is 1. The van der Waals surface area contributed by atoms with E-state index in [-0.39, 0.29) is 0 Å². The maximum atomic E-state index is 4.06. The molecule has 16 heavy (non-hydrogen) atoms. The minimum Gasteiger partial charge on any atom is -0.357 e. The number of hydrogen-bond acceptors (Lipinski definition) is 5. The summed E-state index contributed by atoms with van der Waals surface area (Å²) in [6, 6.07) is 4.76. The summed E-state index contributed by atoms with van der Waals surface area (Å²) in [5.41, 5.74) is 0. The zero-order valence-corrected chi connectivity index (χ0v) is 11.3. The van der Waals surface area contributed by atoms with Gasteiger partial charge in [-0.3, -0.25) is 0 Å². The van der Waals surface area contributed by atoms with Crippen LogP contribution in [0.25, 0.3) is 0 Å². The summed E-state index contributed by atoms with van der Waals surface area (Å²) in [6.07, 6.45) is 1.04. The average Bonchev–Trinajstić information content (AvgIpc) is 2.76. The van der Waals surface area contributed by atoms with Crippen molar-refractivity contribution in [1.29, 1.82) is 0 Å². The molecule has 1 unspecified atom stereocenters. The molecule has 0 amide bonds. The minimum atomic E-state index is 0.394. The Kier molecular flexibility index (Phi) is 3.56. The third-order valence-electron chi connectivity index (χ3n) is 2.20. The van der Waals surface area contributed by atoms with Crippen molar-refractivity contribution in [2.45, 2.75) is 33.2 Å². The van der Waals surface area contributed by atoms with E-state index >= 15 is 0 Å². The van der Waals surface area contributed by atoms with E-state index in [2.05, 4.69) is 41.5 Å². The van der Waals surface area contributed by atoms with Crippen LogP contribution >= 0.6 is 22.7 Å². The van der Waals surface area contributed by atoms with Gasteiger partial charge in [0.1, 0.15) is 5.01 Å². The van der Waals surface area contributed by atoms with Gasteiger partial charge in [0.25, 0.3) is 0 Å². The summed E-state index contributed by atoms with van der Waals surface area (Å²) >= 11 is 3.46. The fraction of sp³-hybridized carbons (Fsp3) is 0.455. The average molecular weight is 253 g/mol. The van der Waals surface area contributed by atoms with Gasteiger partial charge in [-0.2, -0.15) is 0 Å². The van der Waals surface area contributed by atoms with Crippen LogP contribution in [0, 0.1) is 13.8 Å². The standard InChI is InChI=1S/C11H15N3S2/c1-7(6-10-5-4-8(2)15-10)12-11-14-13-9(3)16-11/h4-5,7H,6H2,1-3H3,(H,12,14). The summed E-state index contributed by atoms with van der Waals surface area (Å²) in [5.74, 6) is 0. The minimum absolute atomic E-state index is 0.394. The highest BCUT2D eigenvalue weighted by Crippen LogP contribution is 2.19. The first-order valence-electron chi connectivity index (χ1n) is 5.25. The lowest BCUT2D eigenvalue weighted by Crippen LogP contribution is -2.17. The molecular weight excluding hydrogens is 238 g/mol. The highest BCUT2D eigenvalue weighted by atomic mass is 32.1. The van der Waals surface area contributed by atoms with Crippen molar-refractivity contribution in [2.75, 3.05) is 5.32 Å². The molecular formula is C11H15N3S2. The maximum Gasteiger partial charge on any atom is 0.205 e. The number of hydrogen-bond donors (Lipinski definition) is 1. The maximum absolute atomic E-state index is 4.06. The fourth-order valence-corrected chi connectivity index (χ4v) is 3.24. The van der Waals surface area contributed by atoms with Crippen LogP contribution in [0.1, 0.15) is 21.7 Å². The predicted octanol–water partition coefficient (Wildman–Crippen LogP) is 3.26. The van der Waals surface area contributed by atoms with Crippen LogP contribution in [0.5, 0.6) is 0 Å². The molecule has 0 aliphatic heterocycles. The molecule has 2 heterocycles. The molecule has 0 spiro atoms. The number of rotatable bonds is 4. The normalized spacial score (nSPS) is 12.7. The number of aryl methyl sites for hydroxylation is 2. The van der Waals surface area contributed by atoms with Gasteiger partial charge in [0.2, 0.25) is 5.13 Å². The van der Waals surface area contributed by atoms with Gasteiger partial charge in [-0.05, 0) is 32.9 Å². The summed E-state index contributed by atoms with van der Waals surface area (Å²) < 4.78 is 0. The Morgan fingerprint density at radius 3 is 2.62 bits per heavy atom. The van der Waals surface area contributed by atoms with Crippen LogP contribution in [0.4, 0.5) is 5.13 Å². The highest BCUT2D eigenvalue weighted by Gasteiger charge is 2.07. The summed E-state index contributed by atoms with van der Waals surface area (Å²) in [6.45, 7) is 6.28. The fourth-order valence-electron chi connectivity index (χ4n) is 1.51. The Morgan fingerprint density at radius 2 is 2.06 bits per heavy atom. The quantitative estimate of drug-likeness (QED) is 0.909. The molecule has 2 aromatic rings. The Labute approximate surface area is 104 Å². The van der Waals surface area contributed by atoms with Crippen LogP contribution < -0.4 is 5.32 Å². The lowest BCUT2D eigenvalue weighted by Gasteiger charge is -2.10. The van der Waals surface area contributed by atoms with Gasteiger partial charge in [-0.1, -0.05) is 11.3 Å². The molecule has 2 aromatic heterocycles. The van der Waals surface area contributed by atoms with Gasteiger partial charge >= 0.3 is 0 Å². The van der Waals surface area contributed by atoms with E-state index in [1.807, 2.05) is 18.3 Å². The second-order valence-electron chi connectivity index (χ2n) is 3.89. The van der Waals surface area contributed by atoms with E-state index in [4.69, 9.17) is 0 Å². The van der Waals surface area contributed by atoms with Crippen molar-refractivity contribution in [2.24, 2.45) is 0 Å². The van der Waals surface area contributed by atoms with Crippen molar-refractivity contribution >= 4 is 27.8 Å². The first-order chi connectivity index (χ1) is 7.63. The van der Waals surface area contributed by atoms with E-state index in [1.165, 1.54) is 9.75 Å². The van der Waals surface area contributed by atoms with E-state index in [0.717, 1.165) is 16.6 Å². The lowest BCUT2D eigenvalue weighted by atomic mass is 10.2. The SMILES string of the molecule is Cc1ccc(CC(C)Nc2nnc(C)s2)s1. The Morgan fingerprint density at radius 1 is 1.25 bits per heavy atom. The van der Waals surface area contributed by atoms with Gasteiger partial charge in [-0.15, -0.1) is 21.5 Å². The third kappa shape index (κ3) is 3.02. The lowest BCUT2D eigenvalue weighted by molar-refractivity contribution is 0.795. The number of aromatic nitrogens is 2. The molecule has 3 nitrogen and oxygen atoms in total. The monoisotopic (exact) mass is 253 g/mol. The molecule has 86 valence electrons. The van der Waals surface area contributed by atoms with E-state index in [9.17, 15) is 0 Å². The zero-order valence-electron chi connectivity index (χ0n) is 9.65. The topological polar surface area (TPSA) is 37.8 Å². The summed E-state index contributed by atoms with van der Waals surface area (Å²) in [7, 11) is 0. The van der Waals surface area contributed by atoms with Gasteiger partial charge < -0.3 is 5.32 Å². The molecule has 0 bridgehead atoms. The second kappa shape index (κ2) is 4.93. The van der Waals surface area contributed by atoms with Crippen molar-refractivity contribution < 1.29 is 0 Å². The van der Waals surface area contributed by atoms with Crippen molar-refractivity contribution in [3.05, 3.63) is 26.9 Å². The molecule has 5 heteroatoms. The van der Waals surface area contributed by atoms with Crippen LogP contribution in [-0.4, -0.2) is 16.2 Å². The molecule has 0 aliphatic carbocycles. The largest absolute Gasteiger partial charge is 0.357 e. The zero-order chi connectivity index (χ0) is 11.5. The Balaban J connectivity index is 1.91. The van der Waals surface area contributed by atoms with E-state index in [0.29, 0.717) is 6.04 Å². The van der Waals surface area contributed by atoms with Crippen molar-refractivity contribution in [3.8, 4) is 0 Å². The van der Waals surface area contributed by atoms with Crippen LogP contribution in [0.15, 0.2) is 12.1 Å². The molecule has 1 atom stereocenters. The third-order valence-corrected chi connectivity index (χ3v) is 3.99. The summed E-state index contributed by atoms with van der Waals surface area (Å²) in [5, 5.41) is 13.3. The molecule has 1 N–H and O–H groups in total. The van der Waals surface area contributed by atoms with Crippen LogP contribution in [0.3, 0.4) is 0 Å². The van der Waals surface area contributed by atoms with E-state index < -0.39 is 0 Å². The Bertz CT molecular complexity index is 419. The first-order valence-corrected chi connectivity index (χ1v) is 6.89.